The molecule has 1 rings (SSSR count). The highest BCUT2D eigenvalue weighted by Gasteiger charge is 2.04. The van der Waals surface area contributed by atoms with Crippen LogP contribution >= 0.6 is 22.6 Å². The number of rotatable bonds is 4. The van der Waals surface area contributed by atoms with Gasteiger partial charge in [-0.1, -0.05) is 0 Å². The Balaban J connectivity index is 2.77. The largest absolute Gasteiger partial charge is 0.397 e. The molecule has 4 heteroatoms. The first-order chi connectivity index (χ1) is 6.65. The zero-order chi connectivity index (χ0) is 10.6. The summed E-state index contributed by atoms with van der Waals surface area (Å²) in [5.74, 6) is 0. The maximum absolute atomic E-state index is 5.88. The molecule has 0 atom stereocenters. The summed E-state index contributed by atoms with van der Waals surface area (Å²) in [6.07, 6.45) is 0. The number of nitrogens with two attached hydrogens (primary N) is 1. The molecule has 0 aliphatic carbocycles. The topological polar surface area (TPSA) is 38.5 Å². The summed E-state index contributed by atoms with van der Waals surface area (Å²) in [5, 5.41) is 0. The van der Waals surface area contributed by atoms with E-state index in [1.54, 1.807) is 7.11 Å². The molecule has 78 valence electrons. The number of hydrogen-bond donors (Lipinski definition) is 1. The minimum absolute atomic E-state index is 0.710. The molecule has 0 spiro atoms. The second-order valence-electron chi connectivity index (χ2n) is 3.12. The first-order valence-electron chi connectivity index (χ1n) is 4.40. The van der Waals surface area contributed by atoms with E-state index >= 15 is 0 Å². The Morgan fingerprint density at radius 2 is 2.21 bits per heavy atom. The maximum Gasteiger partial charge on any atom is 0.0637 e. The summed E-state index contributed by atoms with van der Waals surface area (Å²) in [5.41, 5.74) is 7.75. The molecule has 2 N–H and O–H groups in total. The molecule has 14 heavy (non-hydrogen) atoms. The fraction of sp³-hybridized carbons (Fsp3) is 0.400. The third kappa shape index (κ3) is 3.02. The van der Waals surface area contributed by atoms with Gasteiger partial charge < -0.3 is 15.4 Å². The third-order valence-electron chi connectivity index (χ3n) is 2.03. The predicted molar refractivity (Wildman–Crippen MR) is 68.7 cm³/mol. The van der Waals surface area contributed by atoms with Gasteiger partial charge in [-0.3, -0.25) is 0 Å². The minimum atomic E-state index is 0.710. The van der Waals surface area contributed by atoms with E-state index in [0.29, 0.717) is 6.61 Å². The quantitative estimate of drug-likeness (QED) is 0.683. The second kappa shape index (κ2) is 5.41. The van der Waals surface area contributed by atoms with Crippen molar-refractivity contribution in [2.45, 2.75) is 0 Å². The van der Waals surface area contributed by atoms with Crippen LogP contribution in [0.4, 0.5) is 11.4 Å². The van der Waals surface area contributed by atoms with Crippen molar-refractivity contribution in [2.24, 2.45) is 0 Å². The molecular weight excluding hydrogens is 291 g/mol. The molecule has 0 radical (unpaired) electrons. The van der Waals surface area contributed by atoms with Crippen molar-refractivity contribution in [3.8, 4) is 0 Å². The van der Waals surface area contributed by atoms with Crippen molar-refractivity contribution < 1.29 is 4.74 Å². The molecule has 0 bridgehead atoms. The van der Waals surface area contributed by atoms with Gasteiger partial charge in [0.25, 0.3) is 0 Å². The fourth-order valence-electron chi connectivity index (χ4n) is 1.20. The van der Waals surface area contributed by atoms with Gasteiger partial charge in [0.05, 0.1) is 18.0 Å². The number of benzene rings is 1. The number of nitrogens with zero attached hydrogens (tertiary/aromatic N) is 1. The van der Waals surface area contributed by atoms with Gasteiger partial charge in [-0.25, -0.2) is 0 Å². The molecule has 0 aliphatic heterocycles. The zero-order valence-electron chi connectivity index (χ0n) is 8.46. The molecule has 0 aliphatic rings. The molecule has 0 unspecified atom stereocenters. The number of nitrogen functional groups attached to an aromatic ring is 1. The Bertz CT molecular complexity index is 304. The van der Waals surface area contributed by atoms with Gasteiger partial charge >= 0.3 is 0 Å². The molecule has 1 aromatic rings. The van der Waals surface area contributed by atoms with Crippen LogP contribution in [0, 0.1) is 3.57 Å². The van der Waals surface area contributed by atoms with Crippen LogP contribution in [0.1, 0.15) is 0 Å². The highest BCUT2D eigenvalue weighted by molar-refractivity contribution is 14.1. The maximum atomic E-state index is 5.88. The molecule has 0 saturated carbocycles. The van der Waals surface area contributed by atoms with Gasteiger partial charge in [0.15, 0.2) is 0 Å². The molecule has 0 amide bonds. The van der Waals surface area contributed by atoms with Crippen LogP contribution in [0.3, 0.4) is 0 Å². The Morgan fingerprint density at radius 1 is 1.50 bits per heavy atom. The van der Waals surface area contributed by atoms with Crippen molar-refractivity contribution in [3.63, 3.8) is 0 Å². The van der Waals surface area contributed by atoms with Crippen molar-refractivity contribution in [1.29, 1.82) is 0 Å². The van der Waals surface area contributed by atoms with E-state index < -0.39 is 0 Å². The van der Waals surface area contributed by atoms with Gasteiger partial charge in [0, 0.05) is 24.3 Å². The number of halogens is 1. The number of ether oxygens (including phenoxy) is 1. The van der Waals surface area contributed by atoms with E-state index in [2.05, 4.69) is 33.6 Å². The van der Waals surface area contributed by atoms with Crippen LogP contribution in [0.5, 0.6) is 0 Å². The van der Waals surface area contributed by atoms with Crippen LogP contribution in [-0.4, -0.2) is 27.3 Å². The lowest BCUT2D eigenvalue weighted by Crippen LogP contribution is -2.23. The lowest BCUT2D eigenvalue weighted by molar-refractivity contribution is 0.206. The number of anilines is 2. The van der Waals surface area contributed by atoms with Crippen molar-refractivity contribution in [3.05, 3.63) is 21.8 Å². The minimum Gasteiger partial charge on any atom is -0.397 e. The van der Waals surface area contributed by atoms with E-state index in [-0.39, 0.29) is 0 Å². The smallest absolute Gasteiger partial charge is 0.0637 e. The van der Waals surface area contributed by atoms with E-state index in [1.807, 2.05) is 19.2 Å². The Labute approximate surface area is 98.4 Å². The molecule has 0 aromatic heterocycles. The van der Waals surface area contributed by atoms with Crippen LogP contribution in [-0.2, 0) is 4.74 Å². The van der Waals surface area contributed by atoms with Gasteiger partial charge in [0.2, 0.25) is 0 Å². The molecule has 3 nitrogen and oxygen atoms in total. The summed E-state index contributed by atoms with van der Waals surface area (Å²) < 4.78 is 6.21. The highest BCUT2D eigenvalue weighted by atomic mass is 127. The first kappa shape index (κ1) is 11.6. The fourth-order valence-corrected chi connectivity index (χ4v) is 1.67. The Kier molecular flexibility index (Phi) is 4.47. The number of methoxy groups -OCH3 is 1. The van der Waals surface area contributed by atoms with E-state index in [1.165, 1.54) is 3.57 Å². The molecule has 0 saturated heterocycles. The Morgan fingerprint density at radius 3 is 2.86 bits per heavy atom. The van der Waals surface area contributed by atoms with E-state index in [9.17, 15) is 0 Å². The zero-order valence-corrected chi connectivity index (χ0v) is 10.6. The van der Waals surface area contributed by atoms with Gasteiger partial charge in [0.1, 0.15) is 0 Å². The molecule has 0 fully saturated rings. The number of likely N-dealkylation sites (N-methyl/N-ethyl adjacent to an activating group) is 1. The Hall–Kier alpha value is -0.490. The van der Waals surface area contributed by atoms with Crippen LogP contribution in [0.2, 0.25) is 0 Å². The van der Waals surface area contributed by atoms with E-state index in [4.69, 9.17) is 10.5 Å². The van der Waals surface area contributed by atoms with Crippen LogP contribution in [0.15, 0.2) is 18.2 Å². The monoisotopic (exact) mass is 306 g/mol. The summed E-state index contributed by atoms with van der Waals surface area (Å²) in [6, 6.07) is 6.01. The summed E-state index contributed by atoms with van der Waals surface area (Å²) in [7, 11) is 3.72. The average molecular weight is 306 g/mol. The lowest BCUT2D eigenvalue weighted by atomic mass is 10.2. The second-order valence-corrected chi connectivity index (χ2v) is 4.36. The summed E-state index contributed by atoms with van der Waals surface area (Å²) in [4.78, 5) is 2.10. The lowest BCUT2D eigenvalue weighted by Gasteiger charge is -2.20. The van der Waals surface area contributed by atoms with Crippen LogP contribution < -0.4 is 10.6 Å². The van der Waals surface area contributed by atoms with Gasteiger partial charge in [-0.15, -0.1) is 0 Å². The van der Waals surface area contributed by atoms with Gasteiger partial charge in [-0.2, -0.15) is 0 Å². The number of hydrogen-bond acceptors (Lipinski definition) is 3. The van der Waals surface area contributed by atoms with Gasteiger partial charge in [-0.05, 0) is 40.8 Å². The SMILES string of the molecule is COCCN(C)c1cc(I)ccc1N. The van der Waals surface area contributed by atoms with E-state index in [0.717, 1.165) is 17.9 Å². The summed E-state index contributed by atoms with van der Waals surface area (Å²) in [6.45, 7) is 1.56. The molecular formula is C10H15IN2O. The summed E-state index contributed by atoms with van der Waals surface area (Å²) >= 11 is 2.28. The molecule has 1 aromatic carbocycles. The third-order valence-corrected chi connectivity index (χ3v) is 2.71. The highest BCUT2D eigenvalue weighted by Crippen LogP contribution is 2.24. The molecule has 0 heterocycles. The standard InChI is InChI=1S/C10H15IN2O/c1-13(5-6-14-2)10-7-8(11)3-4-9(10)12/h3-4,7H,5-6,12H2,1-2H3. The van der Waals surface area contributed by atoms with Crippen molar-refractivity contribution >= 4 is 34.0 Å². The normalized spacial score (nSPS) is 10.2. The first-order valence-corrected chi connectivity index (χ1v) is 5.48. The van der Waals surface area contributed by atoms with Crippen LogP contribution in [0.25, 0.3) is 0 Å². The van der Waals surface area contributed by atoms with Crippen molar-refractivity contribution in [1.82, 2.24) is 0 Å². The van der Waals surface area contributed by atoms with Crippen molar-refractivity contribution in [2.75, 3.05) is 37.9 Å². The average Bonchev–Trinajstić information content (AvgIpc) is 2.18. The predicted octanol–water partition coefficient (Wildman–Crippen LogP) is 1.96.